The number of carbonyl (C=O) groups excluding carboxylic acids is 1. The number of benzene rings is 1. The Bertz CT molecular complexity index is 419. The molecule has 2 rings (SSSR count). The van der Waals surface area contributed by atoms with Gasteiger partial charge in [0.2, 0.25) is 5.91 Å². The normalized spacial score (nSPS) is 19.6. The molecule has 5 nitrogen and oxygen atoms in total. The molecule has 4 N–H and O–H groups in total. The van der Waals surface area contributed by atoms with Gasteiger partial charge in [0.25, 0.3) is 0 Å². The number of amides is 1. The number of aliphatic hydroxyl groups is 1. The Morgan fingerprint density at radius 2 is 2.05 bits per heavy atom. The lowest BCUT2D eigenvalue weighted by Crippen LogP contribution is -2.32. The van der Waals surface area contributed by atoms with Crippen LogP contribution < -0.4 is 11.3 Å². The SMILES string of the molecule is NNC(=O)Cc1ccc(CN2CCCC2CO)cc1. The van der Waals surface area contributed by atoms with Crippen LogP contribution in [0.4, 0.5) is 0 Å². The summed E-state index contributed by atoms with van der Waals surface area (Å²) in [5.41, 5.74) is 4.28. The maximum absolute atomic E-state index is 11.2. The van der Waals surface area contributed by atoms with Crippen LogP contribution in [0.5, 0.6) is 0 Å². The number of hydrazine groups is 1. The average molecular weight is 263 g/mol. The third kappa shape index (κ3) is 3.76. The molecule has 1 amide bonds. The van der Waals surface area contributed by atoms with Crippen molar-refractivity contribution in [3.63, 3.8) is 0 Å². The third-order valence-electron chi connectivity index (χ3n) is 3.64. The van der Waals surface area contributed by atoms with Crippen LogP contribution in [-0.2, 0) is 17.8 Å². The summed E-state index contributed by atoms with van der Waals surface area (Å²) in [6.07, 6.45) is 2.53. The van der Waals surface area contributed by atoms with Crippen LogP contribution in [0.1, 0.15) is 24.0 Å². The van der Waals surface area contributed by atoms with Crippen molar-refractivity contribution in [2.24, 2.45) is 5.84 Å². The second kappa shape index (κ2) is 6.65. The minimum Gasteiger partial charge on any atom is -0.395 e. The quantitative estimate of drug-likeness (QED) is 0.402. The van der Waals surface area contributed by atoms with E-state index in [-0.39, 0.29) is 12.5 Å². The zero-order valence-corrected chi connectivity index (χ0v) is 11.0. The monoisotopic (exact) mass is 263 g/mol. The summed E-state index contributed by atoms with van der Waals surface area (Å²) in [5.74, 6) is 4.87. The summed E-state index contributed by atoms with van der Waals surface area (Å²) < 4.78 is 0. The van der Waals surface area contributed by atoms with Crippen LogP contribution in [0.15, 0.2) is 24.3 Å². The summed E-state index contributed by atoms with van der Waals surface area (Å²) >= 11 is 0. The van der Waals surface area contributed by atoms with E-state index in [1.165, 1.54) is 5.56 Å². The van der Waals surface area contributed by atoms with E-state index < -0.39 is 0 Å². The Kier molecular flexibility index (Phi) is 4.90. The zero-order valence-electron chi connectivity index (χ0n) is 11.0. The fourth-order valence-corrected chi connectivity index (χ4v) is 2.54. The molecule has 1 unspecified atom stereocenters. The Balaban J connectivity index is 1.93. The number of likely N-dealkylation sites (tertiary alicyclic amines) is 1. The highest BCUT2D eigenvalue weighted by atomic mass is 16.3. The van der Waals surface area contributed by atoms with Gasteiger partial charge in [0.15, 0.2) is 0 Å². The van der Waals surface area contributed by atoms with Crippen molar-refractivity contribution in [3.05, 3.63) is 35.4 Å². The first-order valence-electron chi connectivity index (χ1n) is 6.65. The average Bonchev–Trinajstić information content (AvgIpc) is 2.88. The molecule has 1 aliphatic heterocycles. The number of nitrogens with two attached hydrogens (primary N) is 1. The molecule has 0 aromatic heterocycles. The van der Waals surface area contributed by atoms with E-state index in [0.29, 0.717) is 12.5 Å². The largest absolute Gasteiger partial charge is 0.395 e. The summed E-state index contributed by atoms with van der Waals surface area (Å²) in [4.78, 5) is 13.5. The highest BCUT2D eigenvalue weighted by Gasteiger charge is 2.23. The fourth-order valence-electron chi connectivity index (χ4n) is 2.54. The standard InChI is InChI=1S/C14H21N3O2/c15-16-14(19)8-11-3-5-12(6-4-11)9-17-7-1-2-13(17)10-18/h3-6,13,18H,1-2,7-10,15H2,(H,16,19). The second-order valence-electron chi connectivity index (χ2n) is 5.01. The predicted molar refractivity (Wildman–Crippen MR) is 73.0 cm³/mol. The predicted octanol–water partition coefficient (Wildman–Crippen LogP) is 0.176. The first kappa shape index (κ1) is 14.0. The molecule has 0 spiro atoms. The Labute approximate surface area is 113 Å². The molecule has 1 saturated heterocycles. The van der Waals surface area contributed by atoms with Crippen molar-refractivity contribution < 1.29 is 9.90 Å². The molecule has 0 saturated carbocycles. The molecule has 104 valence electrons. The van der Waals surface area contributed by atoms with Crippen LogP contribution in [-0.4, -0.2) is 35.1 Å². The molecular weight excluding hydrogens is 242 g/mol. The van der Waals surface area contributed by atoms with Gasteiger partial charge in [0.1, 0.15) is 0 Å². The maximum atomic E-state index is 11.2. The van der Waals surface area contributed by atoms with Crippen molar-refractivity contribution in [2.75, 3.05) is 13.2 Å². The van der Waals surface area contributed by atoms with E-state index in [2.05, 4.69) is 10.3 Å². The number of nitrogens with one attached hydrogen (secondary N) is 1. The molecule has 5 heteroatoms. The highest BCUT2D eigenvalue weighted by molar-refractivity contribution is 5.77. The van der Waals surface area contributed by atoms with Crippen LogP contribution in [0, 0.1) is 0 Å². The van der Waals surface area contributed by atoms with E-state index >= 15 is 0 Å². The van der Waals surface area contributed by atoms with Gasteiger partial charge in [0, 0.05) is 12.6 Å². The summed E-state index contributed by atoms with van der Waals surface area (Å²) in [6.45, 7) is 2.13. The highest BCUT2D eigenvalue weighted by Crippen LogP contribution is 2.19. The Morgan fingerprint density at radius 1 is 1.37 bits per heavy atom. The lowest BCUT2D eigenvalue weighted by atomic mass is 10.1. The minimum atomic E-state index is -0.187. The van der Waals surface area contributed by atoms with E-state index in [0.717, 1.165) is 31.5 Å². The van der Waals surface area contributed by atoms with Crippen LogP contribution in [0.25, 0.3) is 0 Å². The number of nitrogens with zero attached hydrogens (tertiary/aromatic N) is 1. The van der Waals surface area contributed by atoms with Gasteiger partial charge in [-0.25, -0.2) is 5.84 Å². The lowest BCUT2D eigenvalue weighted by Gasteiger charge is -2.22. The van der Waals surface area contributed by atoms with E-state index in [1.807, 2.05) is 24.3 Å². The molecule has 0 aliphatic carbocycles. The number of hydrogen-bond donors (Lipinski definition) is 3. The van der Waals surface area contributed by atoms with Crippen LogP contribution in [0.3, 0.4) is 0 Å². The number of carbonyl (C=O) groups is 1. The van der Waals surface area contributed by atoms with Gasteiger partial charge >= 0.3 is 0 Å². The molecule has 1 aromatic carbocycles. The molecule has 0 radical (unpaired) electrons. The van der Waals surface area contributed by atoms with Gasteiger partial charge in [-0.1, -0.05) is 24.3 Å². The number of rotatable bonds is 5. The van der Waals surface area contributed by atoms with Crippen molar-refractivity contribution in [1.29, 1.82) is 0 Å². The molecule has 19 heavy (non-hydrogen) atoms. The third-order valence-corrected chi connectivity index (χ3v) is 3.64. The first-order valence-corrected chi connectivity index (χ1v) is 6.65. The lowest BCUT2D eigenvalue weighted by molar-refractivity contribution is -0.120. The second-order valence-corrected chi connectivity index (χ2v) is 5.01. The van der Waals surface area contributed by atoms with Gasteiger partial charge < -0.3 is 5.11 Å². The molecule has 0 bridgehead atoms. The van der Waals surface area contributed by atoms with Crippen LogP contribution >= 0.6 is 0 Å². The van der Waals surface area contributed by atoms with Gasteiger partial charge in [-0.3, -0.25) is 15.1 Å². The van der Waals surface area contributed by atoms with Crippen molar-refractivity contribution in [2.45, 2.75) is 31.8 Å². The minimum absolute atomic E-state index is 0.187. The first-order chi connectivity index (χ1) is 9.22. The summed E-state index contributed by atoms with van der Waals surface area (Å²) in [5, 5.41) is 9.29. The van der Waals surface area contributed by atoms with Gasteiger partial charge in [-0.15, -0.1) is 0 Å². The van der Waals surface area contributed by atoms with Crippen LogP contribution in [0.2, 0.25) is 0 Å². The van der Waals surface area contributed by atoms with E-state index in [4.69, 9.17) is 5.84 Å². The Morgan fingerprint density at radius 3 is 2.68 bits per heavy atom. The topological polar surface area (TPSA) is 78.6 Å². The molecule has 1 aromatic rings. The number of hydrogen-bond acceptors (Lipinski definition) is 4. The van der Waals surface area contributed by atoms with Crippen molar-refractivity contribution in [3.8, 4) is 0 Å². The number of aliphatic hydroxyl groups excluding tert-OH is 1. The molecule has 1 atom stereocenters. The molecule has 1 aliphatic rings. The van der Waals surface area contributed by atoms with E-state index in [1.54, 1.807) is 0 Å². The van der Waals surface area contributed by atoms with E-state index in [9.17, 15) is 9.90 Å². The Hall–Kier alpha value is -1.43. The van der Waals surface area contributed by atoms with Crippen molar-refractivity contribution in [1.82, 2.24) is 10.3 Å². The smallest absolute Gasteiger partial charge is 0.238 e. The molecule has 1 heterocycles. The van der Waals surface area contributed by atoms with Gasteiger partial charge in [-0.2, -0.15) is 0 Å². The molecule has 1 fully saturated rings. The van der Waals surface area contributed by atoms with Gasteiger partial charge in [0.05, 0.1) is 13.0 Å². The fraction of sp³-hybridized carbons (Fsp3) is 0.500. The maximum Gasteiger partial charge on any atom is 0.238 e. The molecular formula is C14H21N3O2. The summed E-state index contributed by atoms with van der Waals surface area (Å²) in [6, 6.07) is 8.27. The van der Waals surface area contributed by atoms with Gasteiger partial charge in [-0.05, 0) is 30.5 Å². The zero-order chi connectivity index (χ0) is 13.7. The van der Waals surface area contributed by atoms with Crippen molar-refractivity contribution >= 4 is 5.91 Å². The summed E-state index contributed by atoms with van der Waals surface area (Å²) in [7, 11) is 0.